The highest BCUT2D eigenvalue weighted by molar-refractivity contribution is 9.10. The van der Waals surface area contributed by atoms with Crippen LogP contribution in [-0.2, 0) is 0 Å². The van der Waals surface area contributed by atoms with Crippen molar-refractivity contribution in [1.82, 2.24) is 4.98 Å². The van der Waals surface area contributed by atoms with Gasteiger partial charge in [0.05, 0.1) is 0 Å². The van der Waals surface area contributed by atoms with Gasteiger partial charge in [-0.15, -0.1) is 0 Å². The zero-order valence-electron chi connectivity index (χ0n) is 7.30. The second-order valence-electron chi connectivity index (χ2n) is 2.94. The predicted molar refractivity (Wildman–Crippen MR) is 64.6 cm³/mol. The third-order valence-corrected chi connectivity index (χ3v) is 2.92. The van der Waals surface area contributed by atoms with Crippen LogP contribution in [0.2, 0.25) is 5.15 Å². The molecule has 0 spiro atoms. The van der Waals surface area contributed by atoms with Gasteiger partial charge < -0.3 is 0 Å². The Morgan fingerprint density at radius 2 is 2.07 bits per heavy atom. The smallest absolute Gasteiger partial charge is 0.270 e. The molecule has 0 aliphatic heterocycles. The monoisotopic (exact) mass is 303 g/mol. The van der Waals surface area contributed by atoms with Gasteiger partial charge in [-0.25, -0.2) is 4.98 Å². The first kappa shape index (κ1) is 10.9. The van der Waals surface area contributed by atoms with Gasteiger partial charge in [0, 0.05) is 9.86 Å². The largest absolute Gasteiger partial charge is 0.274 e. The van der Waals surface area contributed by atoms with Gasteiger partial charge in [-0.1, -0.05) is 33.6 Å². The van der Waals surface area contributed by atoms with E-state index < -0.39 is 5.24 Å². The molecule has 1 heterocycles. The molecule has 0 amide bonds. The normalized spacial score (nSPS) is 10.6. The predicted octanol–water partition coefficient (Wildman–Crippen LogP) is 4.03. The molecule has 0 N–H and O–H groups in total. The molecule has 0 bridgehead atoms. The second-order valence-corrected chi connectivity index (χ2v) is 4.55. The maximum atomic E-state index is 10.9. The number of carbonyl (C=O) groups excluding carboxylic acids is 1. The van der Waals surface area contributed by atoms with Crippen LogP contribution in [0.25, 0.3) is 10.8 Å². The minimum atomic E-state index is -0.610. The molecule has 1 aromatic heterocycles. The fourth-order valence-corrected chi connectivity index (χ4v) is 1.99. The summed E-state index contributed by atoms with van der Waals surface area (Å²) in [4.78, 5) is 14.8. The van der Waals surface area contributed by atoms with Crippen LogP contribution in [0.3, 0.4) is 0 Å². The van der Waals surface area contributed by atoms with Crippen molar-refractivity contribution in [3.8, 4) is 0 Å². The van der Waals surface area contributed by atoms with Crippen LogP contribution in [0.4, 0.5) is 0 Å². The van der Waals surface area contributed by atoms with E-state index in [1.807, 2.05) is 18.2 Å². The number of carbonyl (C=O) groups is 1. The Kier molecular flexibility index (Phi) is 2.96. The van der Waals surface area contributed by atoms with E-state index >= 15 is 0 Å². The van der Waals surface area contributed by atoms with E-state index in [-0.39, 0.29) is 10.8 Å². The summed E-state index contributed by atoms with van der Waals surface area (Å²) >= 11 is 14.6. The first-order valence-electron chi connectivity index (χ1n) is 4.03. The molecule has 0 unspecified atom stereocenters. The zero-order valence-corrected chi connectivity index (χ0v) is 10.4. The molecule has 76 valence electrons. The fourth-order valence-electron chi connectivity index (χ4n) is 1.28. The van der Waals surface area contributed by atoms with Crippen molar-refractivity contribution in [2.24, 2.45) is 0 Å². The highest BCUT2D eigenvalue weighted by Gasteiger charge is 2.08. The first-order valence-corrected chi connectivity index (χ1v) is 5.58. The summed E-state index contributed by atoms with van der Waals surface area (Å²) < 4.78 is 0.906. The Bertz CT molecular complexity index is 556. The van der Waals surface area contributed by atoms with Gasteiger partial charge in [-0.3, -0.25) is 4.79 Å². The number of hydrogen-bond acceptors (Lipinski definition) is 2. The van der Waals surface area contributed by atoms with Crippen LogP contribution in [-0.4, -0.2) is 10.2 Å². The molecule has 2 rings (SSSR count). The first-order chi connectivity index (χ1) is 7.08. The Balaban J connectivity index is 2.78. The standard InChI is InChI=1S/C10H4BrCl2NO/c11-6-2-1-5-3-8(10(13)15)14-9(12)7(5)4-6/h1-4H. The van der Waals surface area contributed by atoms with Crippen LogP contribution in [0.5, 0.6) is 0 Å². The van der Waals surface area contributed by atoms with Crippen molar-refractivity contribution in [2.45, 2.75) is 0 Å². The molecule has 0 saturated carbocycles. The van der Waals surface area contributed by atoms with Gasteiger partial charge >= 0.3 is 0 Å². The number of hydrogen-bond donors (Lipinski definition) is 0. The minimum absolute atomic E-state index is 0.163. The number of aromatic nitrogens is 1. The molecular weight excluding hydrogens is 301 g/mol. The number of rotatable bonds is 1. The number of nitrogens with zero attached hydrogens (tertiary/aromatic N) is 1. The summed E-state index contributed by atoms with van der Waals surface area (Å²) in [7, 11) is 0. The van der Waals surface area contributed by atoms with E-state index in [4.69, 9.17) is 23.2 Å². The Hall–Kier alpha value is -0.640. The van der Waals surface area contributed by atoms with Gasteiger partial charge in [0.25, 0.3) is 5.24 Å². The van der Waals surface area contributed by atoms with Gasteiger partial charge in [0.15, 0.2) is 0 Å². The molecule has 2 aromatic rings. The lowest BCUT2D eigenvalue weighted by atomic mass is 10.1. The number of fused-ring (bicyclic) bond motifs is 1. The summed E-state index contributed by atoms with van der Waals surface area (Å²) in [5, 5.41) is 1.29. The second kappa shape index (κ2) is 4.08. The third kappa shape index (κ3) is 2.14. The number of pyridine rings is 1. The molecule has 2 nitrogen and oxygen atoms in total. The number of benzene rings is 1. The van der Waals surface area contributed by atoms with Crippen molar-refractivity contribution in [3.63, 3.8) is 0 Å². The average molecular weight is 305 g/mol. The molecule has 5 heteroatoms. The van der Waals surface area contributed by atoms with E-state index in [0.29, 0.717) is 0 Å². The molecule has 0 aliphatic carbocycles. The summed E-state index contributed by atoms with van der Waals surface area (Å²) in [6.07, 6.45) is 0. The van der Waals surface area contributed by atoms with E-state index in [0.717, 1.165) is 15.2 Å². The van der Waals surface area contributed by atoms with Gasteiger partial charge in [-0.2, -0.15) is 0 Å². The summed E-state index contributed by atoms with van der Waals surface area (Å²) in [5.74, 6) is 0. The average Bonchev–Trinajstić information content (AvgIpc) is 2.18. The van der Waals surface area contributed by atoms with E-state index in [2.05, 4.69) is 20.9 Å². The van der Waals surface area contributed by atoms with Gasteiger partial charge in [-0.05, 0) is 35.2 Å². The summed E-state index contributed by atoms with van der Waals surface area (Å²) in [5.41, 5.74) is 0.163. The van der Waals surface area contributed by atoms with Crippen LogP contribution in [0.1, 0.15) is 10.5 Å². The summed E-state index contributed by atoms with van der Waals surface area (Å²) in [6.45, 7) is 0. The van der Waals surface area contributed by atoms with Crippen LogP contribution >= 0.6 is 39.1 Å². The Morgan fingerprint density at radius 3 is 2.73 bits per heavy atom. The molecule has 0 radical (unpaired) electrons. The minimum Gasteiger partial charge on any atom is -0.274 e. The summed E-state index contributed by atoms with van der Waals surface area (Å²) in [6, 6.07) is 7.16. The Labute approximate surface area is 104 Å². The van der Waals surface area contributed by atoms with Crippen LogP contribution in [0, 0.1) is 0 Å². The SMILES string of the molecule is O=C(Cl)c1cc2ccc(Br)cc2c(Cl)n1. The van der Waals surface area contributed by atoms with Crippen molar-refractivity contribution in [3.05, 3.63) is 39.6 Å². The molecule has 15 heavy (non-hydrogen) atoms. The molecule has 1 aromatic carbocycles. The molecule has 0 atom stereocenters. The van der Waals surface area contributed by atoms with Crippen LogP contribution in [0.15, 0.2) is 28.7 Å². The lowest BCUT2D eigenvalue weighted by Gasteiger charge is -2.02. The molecule has 0 aliphatic rings. The third-order valence-electron chi connectivity index (χ3n) is 1.95. The van der Waals surface area contributed by atoms with Crippen molar-refractivity contribution in [2.75, 3.05) is 0 Å². The quantitative estimate of drug-likeness (QED) is 0.588. The van der Waals surface area contributed by atoms with Gasteiger partial charge in [0.2, 0.25) is 0 Å². The number of halogens is 3. The van der Waals surface area contributed by atoms with E-state index in [1.165, 1.54) is 0 Å². The highest BCUT2D eigenvalue weighted by Crippen LogP contribution is 2.26. The fraction of sp³-hybridized carbons (Fsp3) is 0. The van der Waals surface area contributed by atoms with E-state index in [9.17, 15) is 4.79 Å². The molecule has 0 fully saturated rings. The molecular formula is C10H4BrCl2NO. The lowest BCUT2D eigenvalue weighted by Crippen LogP contribution is -1.94. The Morgan fingerprint density at radius 1 is 1.33 bits per heavy atom. The maximum Gasteiger partial charge on any atom is 0.270 e. The molecule has 0 saturated heterocycles. The maximum absolute atomic E-state index is 10.9. The topological polar surface area (TPSA) is 30.0 Å². The lowest BCUT2D eigenvalue weighted by molar-refractivity contribution is 0.107. The van der Waals surface area contributed by atoms with E-state index in [1.54, 1.807) is 6.07 Å². The van der Waals surface area contributed by atoms with Gasteiger partial charge in [0.1, 0.15) is 10.8 Å². The van der Waals surface area contributed by atoms with Crippen LogP contribution < -0.4 is 0 Å². The van der Waals surface area contributed by atoms with Crippen molar-refractivity contribution in [1.29, 1.82) is 0 Å². The van der Waals surface area contributed by atoms with Crippen molar-refractivity contribution < 1.29 is 4.79 Å². The van der Waals surface area contributed by atoms with Crippen molar-refractivity contribution >= 4 is 55.1 Å². The zero-order chi connectivity index (χ0) is 11.0. The highest BCUT2D eigenvalue weighted by atomic mass is 79.9.